The molecule has 2 aromatic rings. The summed E-state index contributed by atoms with van der Waals surface area (Å²) < 4.78 is 0. The van der Waals surface area contributed by atoms with E-state index in [2.05, 4.69) is 31.6 Å². The van der Waals surface area contributed by atoms with E-state index in [0.717, 1.165) is 13.1 Å². The Morgan fingerprint density at radius 1 is 1.36 bits per heavy atom. The van der Waals surface area contributed by atoms with Gasteiger partial charge < -0.3 is 11.1 Å². The number of nitrogen functional groups attached to an aromatic ring is 1. The molecular formula is C15H19N5OS. The summed E-state index contributed by atoms with van der Waals surface area (Å²) in [5.41, 5.74) is 5.89. The maximum absolute atomic E-state index is 12.2. The van der Waals surface area contributed by atoms with Crippen molar-refractivity contribution in [1.29, 1.82) is 0 Å². The maximum atomic E-state index is 12.2. The van der Waals surface area contributed by atoms with Crippen molar-refractivity contribution in [3.8, 4) is 0 Å². The molecule has 1 saturated heterocycles. The van der Waals surface area contributed by atoms with Gasteiger partial charge in [0.15, 0.2) is 11.5 Å². The second kappa shape index (κ2) is 6.85. The van der Waals surface area contributed by atoms with Crippen LogP contribution < -0.4 is 11.1 Å². The van der Waals surface area contributed by atoms with E-state index in [1.807, 2.05) is 6.07 Å². The number of likely N-dealkylation sites (tertiary alicyclic amines) is 1. The molecule has 1 atom stereocenters. The predicted molar refractivity (Wildman–Crippen MR) is 86.6 cm³/mol. The summed E-state index contributed by atoms with van der Waals surface area (Å²) in [5.74, 6) is -0.111. The monoisotopic (exact) mass is 317 g/mol. The fourth-order valence-corrected chi connectivity index (χ4v) is 3.60. The van der Waals surface area contributed by atoms with Gasteiger partial charge in [0, 0.05) is 23.8 Å². The van der Waals surface area contributed by atoms with E-state index in [4.69, 9.17) is 5.73 Å². The Balaban J connectivity index is 1.69. The molecule has 0 bridgehead atoms. The van der Waals surface area contributed by atoms with Gasteiger partial charge in [-0.2, -0.15) is 0 Å². The van der Waals surface area contributed by atoms with Crippen molar-refractivity contribution in [2.75, 3.05) is 25.4 Å². The molecule has 2 aromatic heterocycles. The van der Waals surface area contributed by atoms with Crippen LogP contribution in [0.25, 0.3) is 0 Å². The van der Waals surface area contributed by atoms with Crippen molar-refractivity contribution in [2.24, 2.45) is 0 Å². The Morgan fingerprint density at radius 3 is 2.82 bits per heavy atom. The standard InChI is InChI=1S/C15H19N5OS/c16-14-13(17-5-6-18-14)15(21)19-10-11(12-4-3-9-22-12)20-7-1-2-8-20/h3-6,9,11H,1-2,7-8,10H2,(H2,16,18)(H,19,21)/t11-/m0/s1. The summed E-state index contributed by atoms with van der Waals surface area (Å²) in [7, 11) is 0. The minimum Gasteiger partial charge on any atom is -0.382 e. The van der Waals surface area contributed by atoms with E-state index in [-0.39, 0.29) is 23.5 Å². The Bertz CT molecular complexity index is 625. The van der Waals surface area contributed by atoms with Gasteiger partial charge >= 0.3 is 0 Å². The number of rotatable bonds is 5. The highest BCUT2D eigenvalue weighted by atomic mass is 32.1. The van der Waals surface area contributed by atoms with Crippen LogP contribution in [0.4, 0.5) is 5.82 Å². The zero-order valence-corrected chi connectivity index (χ0v) is 13.1. The molecule has 0 radical (unpaired) electrons. The third kappa shape index (κ3) is 3.26. The smallest absolute Gasteiger partial charge is 0.273 e. The number of nitrogens with two attached hydrogens (primary N) is 1. The van der Waals surface area contributed by atoms with E-state index in [1.165, 1.54) is 30.1 Å². The summed E-state index contributed by atoms with van der Waals surface area (Å²) in [6.07, 6.45) is 5.38. The van der Waals surface area contributed by atoms with Gasteiger partial charge in [0.2, 0.25) is 0 Å². The Labute approximate surface area is 133 Å². The first-order valence-corrected chi connectivity index (χ1v) is 8.26. The molecule has 0 aliphatic carbocycles. The largest absolute Gasteiger partial charge is 0.382 e. The van der Waals surface area contributed by atoms with E-state index in [9.17, 15) is 4.79 Å². The number of hydrogen-bond donors (Lipinski definition) is 2. The summed E-state index contributed by atoms with van der Waals surface area (Å²) in [5, 5.41) is 5.02. The number of carbonyl (C=O) groups excluding carboxylic acids is 1. The Hall–Kier alpha value is -1.99. The summed E-state index contributed by atoms with van der Waals surface area (Å²) in [6, 6.07) is 4.38. The first-order valence-electron chi connectivity index (χ1n) is 7.38. The molecule has 7 heteroatoms. The summed E-state index contributed by atoms with van der Waals surface area (Å²) in [4.78, 5) is 23.8. The first-order chi connectivity index (χ1) is 10.8. The van der Waals surface area contributed by atoms with Crippen molar-refractivity contribution < 1.29 is 4.79 Å². The second-order valence-electron chi connectivity index (χ2n) is 5.27. The lowest BCUT2D eigenvalue weighted by molar-refractivity contribution is 0.0934. The van der Waals surface area contributed by atoms with Crippen LogP contribution in [0.5, 0.6) is 0 Å². The fraction of sp³-hybridized carbons (Fsp3) is 0.400. The van der Waals surface area contributed by atoms with Crippen LogP contribution in [0.2, 0.25) is 0 Å². The number of anilines is 1. The molecule has 1 aliphatic rings. The van der Waals surface area contributed by atoms with Gasteiger partial charge in [-0.05, 0) is 37.4 Å². The van der Waals surface area contributed by atoms with Crippen LogP contribution in [0.3, 0.4) is 0 Å². The second-order valence-corrected chi connectivity index (χ2v) is 6.25. The SMILES string of the molecule is Nc1nccnc1C(=O)NC[C@@H](c1cccs1)N1CCCC1. The number of amides is 1. The van der Waals surface area contributed by atoms with Gasteiger partial charge in [-0.25, -0.2) is 9.97 Å². The topological polar surface area (TPSA) is 84.1 Å². The molecule has 1 amide bonds. The van der Waals surface area contributed by atoms with Crippen LogP contribution in [0, 0.1) is 0 Å². The number of nitrogens with zero attached hydrogens (tertiary/aromatic N) is 3. The quantitative estimate of drug-likeness (QED) is 0.876. The molecule has 3 heterocycles. The van der Waals surface area contributed by atoms with Gasteiger partial charge in [-0.1, -0.05) is 6.07 Å². The minimum absolute atomic E-state index is 0.161. The van der Waals surface area contributed by atoms with Crippen molar-refractivity contribution in [3.05, 3.63) is 40.5 Å². The molecule has 0 spiro atoms. The van der Waals surface area contributed by atoms with Gasteiger partial charge in [0.05, 0.1) is 6.04 Å². The minimum atomic E-state index is -0.272. The van der Waals surface area contributed by atoms with Crippen molar-refractivity contribution >= 4 is 23.1 Å². The number of aromatic nitrogens is 2. The molecule has 0 aromatic carbocycles. The highest BCUT2D eigenvalue weighted by molar-refractivity contribution is 7.10. The summed E-state index contributed by atoms with van der Waals surface area (Å²) in [6.45, 7) is 2.70. The molecule has 0 unspecified atom stereocenters. The fourth-order valence-electron chi connectivity index (χ4n) is 2.74. The normalized spacial score (nSPS) is 16.5. The molecule has 3 N–H and O–H groups in total. The zero-order chi connectivity index (χ0) is 15.4. The number of nitrogens with one attached hydrogen (secondary N) is 1. The Kier molecular flexibility index (Phi) is 4.65. The first kappa shape index (κ1) is 14.9. The van der Waals surface area contributed by atoms with Crippen molar-refractivity contribution in [3.63, 3.8) is 0 Å². The molecule has 1 aliphatic heterocycles. The number of carbonyl (C=O) groups is 1. The molecule has 0 saturated carbocycles. The van der Waals surface area contributed by atoms with Gasteiger partial charge in [-0.3, -0.25) is 9.69 Å². The van der Waals surface area contributed by atoms with Crippen molar-refractivity contribution in [2.45, 2.75) is 18.9 Å². The van der Waals surface area contributed by atoms with Crippen molar-refractivity contribution in [1.82, 2.24) is 20.2 Å². The molecule has 6 nitrogen and oxygen atoms in total. The highest BCUT2D eigenvalue weighted by Gasteiger charge is 2.25. The number of thiophene rings is 1. The van der Waals surface area contributed by atoms with Crippen LogP contribution in [-0.4, -0.2) is 40.4 Å². The van der Waals surface area contributed by atoms with E-state index in [0.29, 0.717) is 6.54 Å². The lowest BCUT2D eigenvalue weighted by atomic mass is 10.2. The predicted octanol–water partition coefficient (Wildman–Crippen LogP) is 1.69. The van der Waals surface area contributed by atoms with Gasteiger partial charge in [-0.15, -0.1) is 11.3 Å². The molecule has 3 rings (SSSR count). The van der Waals surface area contributed by atoms with E-state index in [1.54, 1.807) is 11.3 Å². The average Bonchev–Trinajstić information content (AvgIpc) is 3.21. The third-order valence-corrected chi connectivity index (χ3v) is 4.82. The molecule has 1 fully saturated rings. The average molecular weight is 317 g/mol. The van der Waals surface area contributed by atoms with E-state index >= 15 is 0 Å². The van der Waals surface area contributed by atoms with Gasteiger partial charge in [0.1, 0.15) is 0 Å². The van der Waals surface area contributed by atoms with Gasteiger partial charge in [0.25, 0.3) is 5.91 Å². The molecule has 116 valence electrons. The Morgan fingerprint density at radius 2 is 2.14 bits per heavy atom. The third-order valence-electron chi connectivity index (χ3n) is 3.85. The molecular weight excluding hydrogens is 298 g/mol. The zero-order valence-electron chi connectivity index (χ0n) is 12.2. The van der Waals surface area contributed by atoms with Crippen LogP contribution >= 0.6 is 11.3 Å². The summed E-state index contributed by atoms with van der Waals surface area (Å²) >= 11 is 1.72. The maximum Gasteiger partial charge on any atom is 0.273 e. The highest BCUT2D eigenvalue weighted by Crippen LogP contribution is 2.27. The molecule has 22 heavy (non-hydrogen) atoms. The van der Waals surface area contributed by atoms with Crippen LogP contribution in [0.1, 0.15) is 34.2 Å². The lowest BCUT2D eigenvalue weighted by Gasteiger charge is -2.26. The van der Waals surface area contributed by atoms with E-state index < -0.39 is 0 Å². The lowest BCUT2D eigenvalue weighted by Crippen LogP contribution is -2.37. The van der Waals surface area contributed by atoms with Crippen LogP contribution in [0.15, 0.2) is 29.9 Å². The number of hydrogen-bond acceptors (Lipinski definition) is 6. The van der Waals surface area contributed by atoms with Crippen LogP contribution in [-0.2, 0) is 0 Å².